The average Bonchev–Trinajstić information content (AvgIpc) is 1.32. The second kappa shape index (κ2) is 24.0. The molecule has 18 aromatic carbocycles. The van der Waals surface area contributed by atoms with E-state index in [1.165, 1.54) is 138 Å². The number of benzene rings is 18. The third kappa shape index (κ3) is 9.67. The molecule has 0 atom stereocenters. The monoisotopic (exact) mass is 1380 g/mol. The van der Waals surface area contributed by atoms with Crippen LogP contribution in [0.2, 0.25) is 0 Å². The fraction of sp³-hybridized carbons (Fsp3) is 0.0108. The first kappa shape index (κ1) is 59.4. The van der Waals surface area contributed by atoms with Crippen LogP contribution in [-0.4, -0.2) is 0 Å². The Labute approximate surface area is 591 Å². The Kier molecular flexibility index (Phi) is 14.3. The molecule has 0 bridgehead atoms. The Morgan fingerprint density at radius 2 is 0.620 bits per heavy atom. The van der Waals surface area contributed by atoms with E-state index in [1.807, 2.05) is 28.7 Å². The Morgan fingerprint density at radius 1 is 0.250 bits per heavy atom. The molecule has 0 aliphatic heterocycles. The lowest BCUT2D eigenvalue weighted by molar-refractivity contribution is 0.669. The van der Waals surface area contributed by atoms with Gasteiger partial charge < -0.3 is 19.1 Å². The number of nitrogens with one attached hydrogen (secondary N) is 1. The molecule has 0 fully saturated rings. The normalized spacial score (nSPS) is 11.8. The Hall–Kier alpha value is -11.8. The van der Waals surface area contributed by atoms with Crippen molar-refractivity contribution in [1.29, 1.82) is 0 Å². The molecule has 100 heavy (non-hydrogen) atoms. The SMILES string of the molecule is Brc1ccc2c(c1)oc1cc3c4ccccc4c4ccccc4c3cc12.C.c1ccc2c(N(c3ccc4c(c3)oc3cc5c6ccccc6c6ccccc6c5cc34)c3cccc4c3sc3ccccc34)cccc2c1.c1ccc2c(Nc3cccc4c3sc3ccccc34)cccc2c1. The van der Waals surface area contributed by atoms with E-state index in [4.69, 9.17) is 8.83 Å². The second-order valence-electron chi connectivity index (χ2n) is 25.5. The average molecular weight is 1380 g/mol. The molecule has 0 spiro atoms. The molecule has 0 radical (unpaired) electrons. The third-order valence-corrected chi connectivity index (χ3v) is 22.9. The summed E-state index contributed by atoms with van der Waals surface area (Å²) in [6.07, 6.45) is 0. The summed E-state index contributed by atoms with van der Waals surface area (Å²) in [6.45, 7) is 0. The lowest BCUT2D eigenvalue weighted by Crippen LogP contribution is -2.10. The molecule has 0 saturated carbocycles. The molecule has 0 saturated heterocycles. The molecule has 4 heterocycles. The molecule has 1 N–H and O–H groups in total. The Morgan fingerprint density at radius 3 is 1.19 bits per heavy atom. The van der Waals surface area contributed by atoms with Crippen molar-refractivity contribution >= 4 is 237 Å². The first-order chi connectivity index (χ1) is 49.0. The van der Waals surface area contributed by atoms with Gasteiger partial charge in [-0.1, -0.05) is 254 Å². The van der Waals surface area contributed by atoms with E-state index in [-0.39, 0.29) is 7.43 Å². The minimum atomic E-state index is 0. The summed E-state index contributed by atoms with van der Waals surface area (Å²) in [6, 6.07) is 117. The topological polar surface area (TPSA) is 41.6 Å². The number of anilines is 5. The lowest BCUT2D eigenvalue weighted by atomic mass is 9.93. The van der Waals surface area contributed by atoms with E-state index in [9.17, 15) is 0 Å². The molecule has 0 aliphatic rings. The highest BCUT2D eigenvalue weighted by Gasteiger charge is 2.23. The van der Waals surface area contributed by atoms with Gasteiger partial charge >= 0.3 is 0 Å². The lowest BCUT2D eigenvalue weighted by Gasteiger charge is -2.27. The van der Waals surface area contributed by atoms with Gasteiger partial charge in [-0.2, -0.15) is 0 Å². The molecule has 22 rings (SSSR count). The van der Waals surface area contributed by atoms with Gasteiger partial charge in [0, 0.05) is 85.2 Å². The van der Waals surface area contributed by atoms with Crippen LogP contribution < -0.4 is 10.2 Å². The van der Waals surface area contributed by atoms with Crippen molar-refractivity contribution in [2.75, 3.05) is 10.2 Å². The van der Waals surface area contributed by atoms with Gasteiger partial charge in [-0.05, 0) is 166 Å². The first-order valence-electron chi connectivity index (χ1n) is 33.4. The molecule has 7 heteroatoms. The van der Waals surface area contributed by atoms with Crippen molar-refractivity contribution in [2.45, 2.75) is 7.43 Å². The van der Waals surface area contributed by atoms with Gasteiger partial charge in [-0.3, -0.25) is 0 Å². The van der Waals surface area contributed by atoms with Crippen LogP contribution in [0.4, 0.5) is 28.4 Å². The second-order valence-corrected chi connectivity index (χ2v) is 28.5. The van der Waals surface area contributed by atoms with E-state index < -0.39 is 0 Å². The van der Waals surface area contributed by atoms with Crippen LogP contribution in [0.15, 0.2) is 341 Å². The van der Waals surface area contributed by atoms with E-state index >= 15 is 0 Å². The summed E-state index contributed by atoms with van der Waals surface area (Å²) in [7, 11) is 0. The van der Waals surface area contributed by atoms with Crippen LogP contribution in [-0.2, 0) is 0 Å². The minimum absolute atomic E-state index is 0. The van der Waals surface area contributed by atoms with Crippen LogP contribution >= 0.6 is 38.6 Å². The molecular weight excluding hydrogens is 1320 g/mol. The van der Waals surface area contributed by atoms with E-state index in [0.29, 0.717) is 0 Å². The fourth-order valence-corrected chi connectivity index (χ4v) is 18.2. The van der Waals surface area contributed by atoms with Crippen molar-refractivity contribution < 1.29 is 8.83 Å². The van der Waals surface area contributed by atoms with Crippen molar-refractivity contribution in [3.63, 3.8) is 0 Å². The highest BCUT2D eigenvalue weighted by molar-refractivity contribution is 9.10. The molecular formula is C93H59BrN2O2S2. The van der Waals surface area contributed by atoms with Gasteiger partial charge in [-0.15, -0.1) is 22.7 Å². The van der Waals surface area contributed by atoms with Crippen LogP contribution in [0.5, 0.6) is 0 Å². The number of nitrogens with zero attached hydrogens (tertiary/aromatic N) is 1. The van der Waals surface area contributed by atoms with Crippen LogP contribution in [0.25, 0.3) is 170 Å². The summed E-state index contributed by atoms with van der Waals surface area (Å²) in [5.74, 6) is 0. The largest absolute Gasteiger partial charge is 0.456 e. The minimum Gasteiger partial charge on any atom is -0.456 e. The summed E-state index contributed by atoms with van der Waals surface area (Å²) in [5.41, 5.74) is 9.32. The molecule has 4 nitrogen and oxygen atoms in total. The zero-order chi connectivity index (χ0) is 65.2. The smallest absolute Gasteiger partial charge is 0.137 e. The predicted octanol–water partition coefficient (Wildman–Crippen LogP) is 29.4. The number of hydrogen-bond acceptors (Lipinski definition) is 6. The van der Waals surface area contributed by atoms with E-state index in [2.05, 4.69) is 348 Å². The maximum atomic E-state index is 6.78. The third-order valence-electron chi connectivity index (χ3n) is 20.0. The maximum Gasteiger partial charge on any atom is 0.137 e. The quantitative estimate of drug-likeness (QED) is 0.174. The maximum absolute atomic E-state index is 6.78. The number of halogens is 1. The van der Waals surface area contributed by atoms with Crippen LogP contribution in [0, 0.1) is 0 Å². The van der Waals surface area contributed by atoms with E-state index in [1.54, 1.807) is 0 Å². The Balaban J connectivity index is 0.000000115. The van der Waals surface area contributed by atoms with Crippen molar-refractivity contribution in [3.8, 4) is 0 Å². The van der Waals surface area contributed by atoms with E-state index in [0.717, 1.165) is 65.7 Å². The van der Waals surface area contributed by atoms with Gasteiger partial charge in [0.05, 0.1) is 26.5 Å². The van der Waals surface area contributed by atoms with Gasteiger partial charge in [-0.25, -0.2) is 0 Å². The molecule has 4 aromatic heterocycles. The van der Waals surface area contributed by atoms with Gasteiger partial charge in [0.15, 0.2) is 0 Å². The summed E-state index contributed by atoms with van der Waals surface area (Å²) >= 11 is 7.25. The molecule has 472 valence electrons. The van der Waals surface area contributed by atoms with Crippen LogP contribution in [0.1, 0.15) is 7.43 Å². The van der Waals surface area contributed by atoms with Crippen molar-refractivity contribution in [3.05, 3.63) is 332 Å². The molecule has 0 amide bonds. The first-order valence-corrected chi connectivity index (χ1v) is 35.8. The van der Waals surface area contributed by atoms with Crippen LogP contribution in [0.3, 0.4) is 0 Å². The standard InChI is InChI=1S/C46H27NOS.C24H13BrO.C22H15NS.CH4/c1-2-13-30-28(11-1)12-9-20-41(30)47(42-21-10-19-37-36-18-7-8-22-45(36)49-46(37)42)29-23-24-35-40-26-38-33-16-5-3-14-31(33)32-15-4-6-17-34(32)39(38)27-44(40)48-43(35)25-29;25-14-9-10-19-22-12-20-17-7-3-1-5-15(17)16-6-2-4-8-18(16)21(20)13-24(22)26-23(19)11-14;1-2-9-16-15(7-1)8-5-12-19(16)23-20-13-6-11-18-17-10-3-4-14-21(17)24-22(18)20;/h1-27H;1-13H;1-14,23H;1H4. The van der Waals surface area contributed by atoms with Gasteiger partial charge in [0.25, 0.3) is 0 Å². The molecule has 0 unspecified atom stereocenters. The summed E-state index contributed by atoms with van der Waals surface area (Å²) in [5, 5.41) is 33.6. The highest BCUT2D eigenvalue weighted by atomic mass is 79.9. The molecule has 0 aliphatic carbocycles. The van der Waals surface area contributed by atoms with Crippen molar-refractivity contribution in [1.82, 2.24) is 0 Å². The Bertz CT molecular complexity index is 7070. The summed E-state index contributed by atoms with van der Waals surface area (Å²) in [4.78, 5) is 2.42. The number of hydrogen-bond donors (Lipinski definition) is 1. The number of thiophene rings is 2. The predicted molar refractivity (Wildman–Crippen MR) is 439 cm³/mol. The molecule has 22 aromatic rings. The number of furan rings is 2. The summed E-state index contributed by atoms with van der Waals surface area (Å²) < 4.78 is 19.2. The van der Waals surface area contributed by atoms with Crippen molar-refractivity contribution in [2.24, 2.45) is 0 Å². The van der Waals surface area contributed by atoms with Gasteiger partial charge in [0.2, 0.25) is 0 Å². The van der Waals surface area contributed by atoms with Gasteiger partial charge in [0.1, 0.15) is 22.3 Å². The fourth-order valence-electron chi connectivity index (χ4n) is 15.5. The zero-order valence-electron chi connectivity index (χ0n) is 53.1. The zero-order valence-corrected chi connectivity index (χ0v) is 56.4. The highest BCUT2D eigenvalue weighted by Crippen LogP contribution is 2.49. The number of rotatable bonds is 5. The number of fused-ring (bicyclic) bond motifs is 26.